The van der Waals surface area contributed by atoms with E-state index in [1.807, 2.05) is 45.9 Å². The summed E-state index contributed by atoms with van der Waals surface area (Å²) >= 11 is 0. The molecule has 27 heavy (non-hydrogen) atoms. The van der Waals surface area contributed by atoms with Gasteiger partial charge in [0.1, 0.15) is 0 Å². The highest BCUT2D eigenvalue weighted by Gasteiger charge is 2.35. The van der Waals surface area contributed by atoms with Gasteiger partial charge in [0.05, 0.1) is 12.7 Å². The Morgan fingerprint density at radius 2 is 1.78 bits per heavy atom. The molecule has 2 rings (SSSR count). The normalized spacial score (nSPS) is 16.9. The number of rotatable bonds is 6. The van der Waals surface area contributed by atoms with Gasteiger partial charge in [-0.15, -0.1) is 0 Å². The number of methoxy groups -OCH3 is 1. The zero-order valence-electron chi connectivity index (χ0n) is 17.2. The molecule has 5 heteroatoms. The summed E-state index contributed by atoms with van der Waals surface area (Å²) in [6, 6.07) is 5.84. The monoisotopic (exact) mass is 370 g/mol. The molecule has 0 aromatic heterocycles. The first kappa shape index (κ1) is 20.7. The second-order valence-electron chi connectivity index (χ2n) is 7.09. The number of nitrogens with one attached hydrogen (secondary N) is 2. The third kappa shape index (κ3) is 4.41. The first-order valence-corrected chi connectivity index (χ1v) is 9.46. The van der Waals surface area contributed by atoms with Gasteiger partial charge in [-0.25, -0.2) is 4.79 Å². The molecule has 1 aromatic carbocycles. The third-order valence-corrected chi connectivity index (χ3v) is 5.23. The SMILES string of the molecule is CCCCC1C(C(=O)Nc2cccc(C)c2C)=C(C)NC(C)=C1C(=O)OC. The number of benzene rings is 1. The summed E-state index contributed by atoms with van der Waals surface area (Å²) in [4.78, 5) is 25.6. The van der Waals surface area contributed by atoms with Gasteiger partial charge in [-0.05, 0) is 51.3 Å². The van der Waals surface area contributed by atoms with E-state index in [4.69, 9.17) is 4.74 Å². The van der Waals surface area contributed by atoms with Gasteiger partial charge in [-0.1, -0.05) is 31.9 Å². The fraction of sp³-hybridized carbons (Fsp3) is 0.455. The summed E-state index contributed by atoms with van der Waals surface area (Å²) in [5.74, 6) is -0.835. The van der Waals surface area contributed by atoms with Crippen molar-refractivity contribution in [3.05, 3.63) is 51.9 Å². The van der Waals surface area contributed by atoms with Crippen molar-refractivity contribution in [3.8, 4) is 0 Å². The van der Waals surface area contributed by atoms with Gasteiger partial charge in [0.2, 0.25) is 0 Å². The quantitative estimate of drug-likeness (QED) is 0.730. The predicted molar refractivity (Wildman–Crippen MR) is 108 cm³/mol. The van der Waals surface area contributed by atoms with Crippen molar-refractivity contribution in [1.82, 2.24) is 5.32 Å². The van der Waals surface area contributed by atoms with Crippen LogP contribution >= 0.6 is 0 Å². The Labute approximate surface area is 161 Å². The maximum absolute atomic E-state index is 13.2. The first-order valence-electron chi connectivity index (χ1n) is 9.46. The van der Waals surface area contributed by atoms with Crippen molar-refractivity contribution in [2.24, 2.45) is 5.92 Å². The molecule has 0 bridgehead atoms. The van der Waals surface area contributed by atoms with Crippen molar-refractivity contribution < 1.29 is 14.3 Å². The van der Waals surface area contributed by atoms with Gasteiger partial charge in [0.25, 0.3) is 5.91 Å². The average molecular weight is 370 g/mol. The highest BCUT2D eigenvalue weighted by Crippen LogP contribution is 2.35. The van der Waals surface area contributed by atoms with Crippen LogP contribution in [0.15, 0.2) is 40.7 Å². The number of dihydropyridines is 1. The minimum atomic E-state index is -0.384. The number of hydrogen-bond donors (Lipinski definition) is 2. The van der Waals surface area contributed by atoms with Crippen molar-refractivity contribution in [3.63, 3.8) is 0 Å². The highest BCUT2D eigenvalue weighted by molar-refractivity contribution is 6.07. The first-order chi connectivity index (χ1) is 12.8. The van der Waals surface area contributed by atoms with Gasteiger partial charge in [0.15, 0.2) is 0 Å². The number of allylic oxidation sites excluding steroid dienone is 2. The lowest BCUT2D eigenvalue weighted by molar-refractivity contribution is -0.136. The number of carbonyl (C=O) groups excluding carboxylic acids is 2. The van der Waals surface area contributed by atoms with Crippen LogP contribution in [0.3, 0.4) is 0 Å². The number of unbranched alkanes of at least 4 members (excludes halogenated alkanes) is 1. The van der Waals surface area contributed by atoms with E-state index in [9.17, 15) is 9.59 Å². The van der Waals surface area contributed by atoms with Crippen molar-refractivity contribution in [1.29, 1.82) is 0 Å². The molecule has 0 aliphatic carbocycles. The van der Waals surface area contributed by atoms with Gasteiger partial charge in [0, 0.05) is 28.6 Å². The molecule has 1 aliphatic rings. The highest BCUT2D eigenvalue weighted by atomic mass is 16.5. The smallest absolute Gasteiger partial charge is 0.336 e. The second-order valence-corrected chi connectivity index (χ2v) is 7.09. The topological polar surface area (TPSA) is 67.4 Å². The lowest BCUT2D eigenvalue weighted by Gasteiger charge is -2.30. The molecule has 0 fully saturated rings. The number of carbonyl (C=O) groups is 2. The minimum Gasteiger partial charge on any atom is -0.466 e. The summed E-state index contributed by atoms with van der Waals surface area (Å²) in [5.41, 5.74) is 5.64. The van der Waals surface area contributed by atoms with E-state index in [-0.39, 0.29) is 17.8 Å². The van der Waals surface area contributed by atoms with Gasteiger partial charge < -0.3 is 15.4 Å². The van der Waals surface area contributed by atoms with E-state index < -0.39 is 0 Å². The van der Waals surface area contributed by atoms with Crippen LogP contribution in [0.1, 0.15) is 51.2 Å². The van der Waals surface area contributed by atoms with Crippen LogP contribution in [0.5, 0.6) is 0 Å². The largest absolute Gasteiger partial charge is 0.466 e. The Kier molecular flexibility index (Phi) is 6.83. The molecule has 0 saturated carbocycles. The van der Waals surface area contributed by atoms with Gasteiger partial charge in [-0.3, -0.25) is 4.79 Å². The number of hydrogen-bond acceptors (Lipinski definition) is 4. The van der Waals surface area contributed by atoms with Gasteiger partial charge >= 0.3 is 5.97 Å². The maximum atomic E-state index is 13.2. The molecule has 2 N–H and O–H groups in total. The van der Waals surface area contributed by atoms with E-state index in [2.05, 4.69) is 17.6 Å². The van der Waals surface area contributed by atoms with E-state index in [1.165, 1.54) is 7.11 Å². The van der Waals surface area contributed by atoms with Crippen molar-refractivity contribution in [2.75, 3.05) is 12.4 Å². The standard InChI is InChI=1S/C22H30N2O3/c1-7-8-11-17-19(15(4)23-16(5)20(17)22(26)27-6)21(25)24-18-12-9-10-13(2)14(18)3/h9-10,12,17,23H,7-8,11H2,1-6H3,(H,24,25). The molecule has 1 atom stereocenters. The second kappa shape index (κ2) is 8.89. The number of anilines is 1. The van der Waals surface area contributed by atoms with Crippen LogP contribution in [0.4, 0.5) is 5.69 Å². The Bertz CT molecular complexity index is 806. The number of aryl methyl sites for hydroxylation is 1. The van der Waals surface area contributed by atoms with Crippen molar-refractivity contribution >= 4 is 17.6 Å². The predicted octanol–water partition coefficient (Wildman–Crippen LogP) is 4.37. The molecule has 5 nitrogen and oxygen atoms in total. The molecule has 146 valence electrons. The fourth-order valence-electron chi connectivity index (χ4n) is 3.59. The van der Waals surface area contributed by atoms with E-state index in [0.717, 1.165) is 47.5 Å². The Morgan fingerprint density at radius 1 is 1.11 bits per heavy atom. The van der Waals surface area contributed by atoms with Crippen LogP contribution in [0.2, 0.25) is 0 Å². The lowest BCUT2D eigenvalue weighted by atomic mass is 9.81. The zero-order chi connectivity index (χ0) is 20.1. The maximum Gasteiger partial charge on any atom is 0.336 e. The summed E-state index contributed by atoms with van der Waals surface area (Å²) in [6.07, 6.45) is 2.64. The van der Waals surface area contributed by atoms with Crippen LogP contribution < -0.4 is 10.6 Å². The van der Waals surface area contributed by atoms with Crippen LogP contribution in [-0.4, -0.2) is 19.0 Å². The molecule has 1 aliphatic heterocycles. The summed E-state index contributed by atoms with van der Waals surface area (Å²) < 4.78 is 5.00. The lowest BCUT2D eigenvalue weighted by Crippen LogP contribution is -2.34. The number of esters is 1. The molecule has 1 unspecified atom stereocenters. The fourth-order valence-corrected chi connectivity index (χ4v) is 3.59. The minimum absolute atomic E-state index is 0.177. The Morgan fingerprint density at radius 3 is 2.41 bits per heavy atom. The molecular weight excluding hydrogens is 340 g/mol. The summed E-state index contributed by atoms with van der Waals surface area (Å²) in [7, 11) is 1.38. The average Bonchev–Trinajstić information content (AvgIpc) is 2.62. The molecule has 0 spiro atoms. The Hall–Kier alpha value is -2.56. The molecule has 1 heterocycles. The summed E-state index contributed by atoms with van der Waals surface area (Å²) in [5, 5.41) is 6.23. The molecule has 1 aromatic rings. The van der Waals surface area contributed by atoms with Crippen LogP contribution in [0.25, 0.3) is 0 Å². The number of ether oxygens (including phenoxy) is 1. The summed E-state index contributed by atoms with van der Waals surface area (Å²) in [6.45, 7) is 9.84. The Balaban J connectivity index is 2.41. The van der Waals surface area contributed by atoms with Crippen LogP contribution in [-0.2, 0) is 14.3 Å². The van der Waals surface area contributed by atoms with Crippen molar-refractivity contribution in [2.45, 2.75) is 53.9 Å². The molecule has 0 radical (unpaired) electrons. The zero-order valence-corrected chi connectivity index (χ0v) is 17.2. The number of amides is 1. The molecule has 1 amide bonds. The van der Waals surface area contributed by atoms with Gasteiger partial charge in [-0.2, -0.15) is 0 Å². The van der Waals surface area contributed by atoms with E-state index in [1.54, 1.807) is 0 Å². The molecule has 0 saturated heterocycles. The molecular formula is C22H30N2O3. The van der Waals surface area contributed by atoms with E-state index in [0.29, 0.717) is 11.1 Å². The third-order valence-electron chi connectivity index (χ3n) is 5.23. The van der Waals surface area contributed by atoms with E-state index >= 15 is 0 Å². The van der Waals surface area contributed by atoms with Crippen LogP contribution in [0, 0.1) is 19.8 Å².